The number of benzene rings is 1. The molecule has 0 spiro atoms. The van der Waals surface area contributed by atoms with Crippen molar-refractivity contribution in [2.24, 2.45) is 0 Å². The number of nitrogens with zero attached hydrogens (tertiary/aromatic N) is 2. The number of aromatic nitrogens is 2. The van der Waals surface area contributed by atoms with Crippen molar-refractivity contribution in [2.45, 2.75) is 6.42 Å². The van der Waals surface area contributed by atoms with E-state index in [2.05, 4.69) is 10.3 Å². The summed E-state index contributed by atoms with van der Waals surface area (Å²) in [7, 11) is 0. The normalized spacial score (nSPS) is 11.2. The third kappa shape index (κ3) is 2.76. The second kappa shape index (κ2) is 6.05. The number of fused-ring (bicyclic) bond motifs is 2. The van der Waals surface area contributed by atoms with E-state index in [0.717, 1.165) is 16.0 Å². The molecule has 1 N–H and O–H groups in total. The third-order valence-electron chi connectivity index (χ3n) is 3.81. The standard InChI is InChI=1S/C18H14FN3OS/c19-14-4-3-5-15-13(14)10-16(24-15)18(23)20-8-7-12-11-22-9-2-1-6-17(22)21-12/h1-6,9-11H,7-8H2,(H,20,23). The summed E-state index contributed by atoms with van der Waals surface area (Å²) < 4.78 is 16.4. The summed E-state index contributed by atoms with van der Waals surface area (Å²) in [6, 6.07) is 12.3. The van der Waals surface area contributed by atoms with Gasteiger partial charge in [-0.3, -0.25) is 4.79 Å². The number of pyridine rings is 1. The first kappa shape index (κ1) is 14.8. The number of thiophene rings is 1. The first-order chi connectivity index (χ1) is 11.7. The SMILES string of the molecule is O=C(NCCc1cn2ccccc2n1)c1cc2c(F)cccc2s1. The molecule has 1 amide bonds. The number of hydrogen-bond donors (Lipinski definition) is 1. The van der Waals surface area contributed by atoms with E-state index in [1.54, 1.807) is 12.1 Å². The van der Waals surface area contributed by atoms with Crippen LogP contribution in [0.1, 0.15) is 15.4 Å². The van der Waals surface area contributed by atoms with E-state index in [1.165, 1.54) is 17.4 Å². The molecule has 0 bridgehead atoms. The Morgan fingerprint density at radius 1 is 1.25 bits per heavy atom. The Hall–Kier alpha value is -2.73. The monoisotopic (exact) mass is 339 g/mol. The highest BCUT2D eigenvalue weighted by atomic mass is 32.1. The molecule has 0 unspecified atom stereocenters. The van der Waals surface area contributed by atoms with Crippen molar-refractivity contribution in [1.82, 2.24) is 14.7 Å². The molecule has 4 rings (SSSR count). The molecule has 3 heterocycles. The summed E-state index contributed by atoms with van der Waals surface area (Å²) in [5.41, 5.74) is 1.81. The molecule has 4 nitrogen and oxygen atoms in total. The second-order valence-corrected chi connectivity index (χ2v) is 6.55. The van der Waals surface area contributed by atoms with Gasteiger partial charge in [0, 0.05) is 35.4 Å². The molecule has 0 aliphatic heterocycles. The van der Waals surface area contributed by atoms with Gasteiger partial charge in [-0.25, -0.2) is 9.37 Å². The van der Waals surface area contributed by atoms with Gasteiger partial charge in [0.05, 0.1) is 10.6 Å². The molecule has 0 atom stereocenters. The topological polar surface area (TPSA) is 46.4 Å². The molecule has 4 aromatic rings. The average molecular weight is 339 g/mol. The molecular formula is C18H14FN3OS. The van der Waals surface area contributed by atoms with Crippen LogP contribution >= 0.6 is 11.3 Å². The van der Waals surface area contributed by atoms with E-state index >= 15 is 0 Å². The number of carbonyl (C=O) groups is 1. The van der Waals surface area contributed by atoms with Crippen LogP contribution in [-0.4, -0.2) is 21.8 Å². The van der Waals surface area contributed by atoms with E-state index in [-0.39, 0.29) is 11.7 Å². The summed E-state index contributed by atoms with van der Waals surface area (Å²) in [6.45, 7) is 0.486. The number of rotatable bonds is 4. The van der Waals surface area contributed by atoms with Gasteiger partial charge in [-0.15, -0.1) is 11.3 Å². The predicted molar refractivity (Wildman–Crippen MR) is 93.0 cm³/mol. The summed E-state index contributed by atoms with van der Waals surface area (Å²) >= 11 is 1.30. The van der Waals surface area contributed by atoms with Crippen LogP contribution in [0.3, 0.4) is 0 Å². The van der Waals surface area contributed by atoms with E-state index < -0.39 is 0 Å². The molecular weight excluding hydrogens is 325 g/mol. The lowest BCUT2D eigenvalue weighted by atomic mass is 10.2. The molecule has 0 radical (unpaired) electrons. The minimum atomic E-state index is -0.299. The van der Waals surface area contributed by atoms with Crippen molar-refractivity contribution in [3.63, 3.8) is 0 Å². The van der Waals surface area contributed by atoms with E-state index in [9.17, 15) is 9.18 Å². The lowest BCUT2D eigenvalue weighted by molar-refractivity contribution is 0.0958. The zero-order chi connectivity index (χ0) is 16.5. The zero-order valence-corrected chi connectivity index (χ0v) is 13.5. The molecule has 0 saturated heterocycles. The van der Waals surface area contributed by atoms with Crippen LogP contribution in [0.5, 0.6) is 0 Å². The molecule has 1 aromatic carbocycles. The molecule has 0 saturated carbocycles. The van der Waals surface area contributed by atoms with Gasteiger partial charge in [0.2, 0.25) is 0 Å². The Bertz CT molecular complexity index is 1000. The van der Waals surface area contributed by atoms with E-state index in [1.807, 2.05) is 41.1 Å². The van der Waals surface area contributed by atoms with Gasteiger partial charge in [-0.05, 0) is 30.3 Å². The third-order valence-corrected chi connectivity index (χ3v) is 4.91. The van der Waals surface area contributed by atoms with Crippen molar-refractivity contribution in [3.8, 4) is 0 Å². The Morgan fingerprint density at radius 2 is 2.17 bits per heavy atom. The minimum Gasteiger partial charge on any atom is -0.351 e. The lowest BCUT2D eigenvalue weighted by Gasteiger charge is -2.01. The van der Waals surface area contributed by atoms with Crippen molar-refractivity contribution in [1.29, 1.82) is 0 Å². The van der Waals surface area contributed by atoms with Crippen LogP contribution in [0.2, 0.25) is 0 Å². The maximum absolute atomic E-state index is 13.7. The number of nitrogens with one attached hydrogen (secondary N) is 1. The maximum atomic E-state index is 13.7. The highest BCUT2D eigenvalue weighted by molar-refractivity contribution is 7.20. The van der Waals surface area contributed by atoms with Gasteiger partial charge in [0.15, 0.2) is 0 Å². The summed E-state index contributed by atoms with van der Waals surface area (Å²) in [5, 5.41) is 3.37. The van der Waals surface area contributed by atoms with Crippen LogP contribution < -0.4 is 5.32 Å². The molecule has 120 valence electrons. The minimum absolute atomic E-state index is 0.181. The van der Waals surface area contributed by atoms with Crippen molar-refractivity contribution < 1.29 is 9.18 Å². The van der Waals surface area contributed by atoms with Crippen molar-refractivity contribution in [3.05, 3.63) is 71.2 Å². The number of halogens is 1. The average Bonchev–Trinajstić information content (AvgIpc) is 3.18. The highest BCUT2D eigenvalue weighted by Gasteiger charge is 2.12. The molecule has 0 fully saturated rings. The quantitative estimate of drug-likeness (QED) is 0.617. The Kier molecular flexibility index (Phi) is 3.74. The van der Waals surface area contributed by atoms with Gasteiger partial charge in [0.25, 0.3) is 5.91 Å². The number of hydrogen-bond acceptors (Lipinski definition) is 3. The first-order valence-electron chi connectivity index (χ1n) is 7.59. The molecule has 0 aliphatic rings. The summed E-state index contributed by atoms with van der Waals surface area (Å²) in [4.78, 5) is 17.3. The van der Waals surface area contributed by atoms with Crippen LogP contribution in [-0.2, 0) is 6.42 Å². The van der Waals surface area contributed by atoms with Gasteiger partial charge in [-0.2, -0.15) is 0 Å². The lowest BCUT2D eigenvalue weighted by Crippen LogP contribution is -2.24. The smallest absolute Gasteiger partial charge is 0.261 e. The molecule has 6 heteroatoms. The molecule has 3 aromatic heterocycles. The van der Waals surface area contributed by atoms with Crippen LogP contribution in [0.15, 0.2) is 54.9 Å². The first-order valence-corrected chi connectivity index (χ1v) is 8.41. The fraction of sp³-hybridized carbons (Fsp3) is 0.111. The van der Waals surface area contributed by atoms with Crippen molar-refractivity contribution >= 4 is 33.0 Å². The van der Waals surface area contributed by atoms with Gasteiger partial charge >= 0.3 is 0 Å². The van der Waals surface area contributed by atoms with E-state index in [0.29, 0.717) is 23.2 Å². The maximum Gasteiger partial charge on any atom is 0.261 e. The second-order valence-electron chi connectivity index (χ2n) is 5.47. The predicted octanol–water partition coefficient (Wildman–Crippen LogP) is 3.66. The zero-order valence-electron chi connectivity index (χ0n) is 12.7. The van der Waals surface area contributed by atoms with Crippen LogP contribution in [0.25, 0.3) is 15.7 Å². The van der Waals surface area contributed by atoms with E-state index in [4.69, 9.17) is 0 Å². The number of carbonyl (C=O) groups excluding carboxylic acids is 1. The Balaban J connectivity index is 1.43. The Morgan fingerprint density at radius 3 is 3.00 bits per heavy atom. The van der Waals surface area contributed by atoms with Crippen LogP contribution in [0, 0.1) is 5.82 Å². The molecule has 24 heavy (non-hydrogen) atoms. The van der Waals surface area contributed by atoms with Gasteiger partial charge < -0.3 is 9.72 Å². The number of imidazole rings is 1. The van der Waals surface area contributed by atoms with Crippen molar-refractivity contribution in [2.75, 3.05) is 6.54 Å². The number of amides is 1. The summed E-state index contributed by atoms with van der Waals surface area (Å²) in [6.07, 6.45) is 4.54. The van der Waals surface area contributed by atoms with Crippen LogP contribution in [0.4, 0.5) is 4.39 Å². The fourth-order valence-electron chi connectivity index (χ4n) is 2.64. The Labute approximate surface area is 141 Å². The van der Waals surface area contributed by atoms with Gasteiger partial charge in [0.1, 0.15) is 11.5 Å². The largest absolute Gasteiger partial charge is 0.351 e. The fourth-order valence-corrected chi connectivity index (χ4v) is 3.63. The summed E-state index contributed by atoms with van der Waals surface area (Å²) in [5.74, 6) is -0.480. The van der Waals surface area contributed by atoms with Gasteiger partial charge in [-0.1, -0.05) is 12.1 Å². The highest BCUT2D eigenvalue weighted by Crippen LogP contribution is 2.27. The molecule has 0 aliphatic carbocycles.